The second-order valence-corrected chi connectivity index (χ2v) is 31.9. The van der Waals surface area contributed by atoms with Gasteiger partial charge in [0.25, 0.3) is 0 Å². The predicted molar refractivity (Wildman–Crippen MR) is 516 cm³/mol. The van der Waals surface area contributed by atoms with Crippen molar-refractivity contribution in [3.63, 3.8) is 0 Å². The monoisotopic (exact) mass is 2110 g/mol. The topological polar surface area (TPSA) is 555 Å². The highest BCUT2D eigenvalue weighted by Crippen LogP contribution is 2.28. The SMILES string of the molecule is CC1C(=O)N([C@@H](CN)C(=O)N[C@@H](CSC2CC(=O)N(CCN)C2=O)C(=O)NCCOCCOCCOCCOCCOCCOCCOCCOCCOCCOCCOCCOCCOCCOCCOCCOCCOCCOCCOCCOCCOCCOCCOCCOCCOCCOCCOCCOCCOCCOCCOCCOCCOCCOCCOCCOCCC(=O)O)C(=O)C1C. The number of thioether (sulfide) groups is 1. The van der Waals surface area contributed by atoms with Crippen molar-refractivity contribution in [2.45, 2.75) is 44.0 Å². The van der Waals surface area contributed by atoms with Gasteiger partial charge in [-0.1, -0.05) is 13.8 Å². The summed E-state index contributed by atoms with van der Waals surface area (Å²) in [5, 5.41) is 13.1. The Bertz CT molecular complexity index is 2790. The molecule has 0 aromatic carbocycles. The van der Waals surface area contributed by atoms with Crippen molar-refractivity contribution in [2.24, 2.45) is 23.3 Å². The lowest BCUT2D eigenvalue weighted by atomic mass is 10.00. The zero-order chi connectivity index (χ0) is 104. The number of imide groups is 2. The van der Waals surface area contributed by atoms with Crippen molar-refractivity contribution in [2.75, 3.05) is 508 Å². The molecule has 848 valence electrons. The molecule has 0 saturated carbocycles. The van der Waals surface area contributed by atoms with Crippen molar-refractivity contribution in [3.05, 3.63) is 0 Å². The van der Waals surface area contributed by atoms with Crippen LogP contribution in [0.15, 0.2) is 0 Å². The van der Waals surface area contributed by atoms with E-state index in [1.807, 2.05) is 0 Å². The van der Waals surface area contributed by atoms with Crippen LogP contribution < -0.4 is 22.1 Å². The third kappa shape index (κ3) is 87.1. The van der Waals surface area contributed by atoms with Crippen LogP contribution in [0, 0.1) is 11.8 Å². The van der Waals surface area contributed by atoms with E-state index in [1.165, 1.54) is 0 Å². The Balaban J connectivity index is 1.13. The number of nitrogens with two attached hydrogens (primary N) is 2. The number of nitrogens with zero attached hydrogens (tertiary/aromatic N) is 2. The minimum absolute atomic E-state index is 0.0153. The van der Waals surface area contributed by atoms with Crippen LogP contribution >= 0.6 is 11.8 Å². The molecule has 0 aromatic rings. The maximum Gasteiger partial charge on any atom is 0.305 e. The summed E-state index contributed by atoms with van der Waals surface area (Å²) >= 11 is 1.03. The van der Waals surface area contributed by atoms with Gasteiger partial charge in [0.05, 0.1) is 487 Å². The van der Waals surface area contributed by atoms with Crippen molar-refractivity contribution < 1.29 is 209 Å². The molecule has 0 radical (unpaired) electrons. The number of hydrogen-bond acceptors (Lipinski definition) is 46. The van der Waals surface area contributed by atoms with E-state index in [-0.39, 0.29) is 77.1 Å². The van der Waals surface area contributed by atoms with E-state index in [2.05, 4.69) is 10.6 Å². The second-order valence-electron chi connectivity index (χ2n) is 30.6. The molecular weight excluding hydrogens is 1940 g/mol. The second kappa shape index (κ2) is 108. The molecule has 2 saturated heterocycles. The van der Waals surface area contributed by atoms with E-state index in [4.69, 9.17) is 187 Å². The fourth-order valence-corrected chi connectivity index (χ4v) is 12.9. The van der Waals surface area contributed by atoms with E-state index in [1.54, 1.807) is 13.8 Å². The maximum atomic E-state index is 13.5. The van der Waals surface area contributed by atoms with E-state index in [0.29, 0.717) is 449 Å². The Morgan fingerprint density at radius 2 is 0.465 bits per heavy atom. The van der Waals surface area contributed by atoms with Gasteiger partial charge in [0.15, 0.2) is 0 Å². The molecule has 50 nitrogen and oxygen atoms in total. The number of carboxylic acids is 1. The van der Waals surface area contributed by atoms with Gasteiger partial charge in [-0.05, 0) is 0 Å². The Morgan fingerprint density at radius 3 is 0.639 bits per heavy atom. The minimum Gasteiger partial charge on any atom is -0.481 e. The summed E-state index contributed by atoms with van der Waals surface area (Å²) < 4.78 is 199. The lowest BCUT2D eigenvalue weighted by Gasteiger charge is -2.27. The summed E-state index contributed by atoms with van der Waals surface area (Å²) in [5.74, 6) is -5.55. The van der Waals surface area contributed by atoms with Crippen LogP contribution in [0.5, 0.6) is 0 Å². The molecule has 2 aliphatic rings. The Hall–Kier alpha value is -4.48. The zero-order valence-corrected chi connectivity index (χ0v) is 86.5. The van der Waals surface area contributed by atoms with Crippen LogP contribution in [0.2, 0.25) is 0 Å². The molecule has 2 heterocycles. The fourth-order valence-electron chi connectivity index (χ4n) is 11.8. The molecule has 0 aliphatic carbocycles. The number of hydrogen-bond donors (Lipinski definition) is 5. The van der Waals surface area contributed by atoms with Crippen LogP contribution in [0.25, 0.3) is 0 Å². The van der Waals surface area contributed by atoms with Gasteiger partial charge in [-0.2, -0.15) is 0 Å². The Morgan fingerprint density at radius 1 is 0.285 bits per heavy atom. The average Bonchev–Trinajstić information content (AvgIpc) is 1.64. The number of nitrogens with one attached hydrogen (secondary N) is 2. The van der Waals surface area contributed by atoms with Gasteiger partial charge < -0.3 is 198 Å². The van der Waals surface area contributed by atoms with Crippen molar-refractivity contribution in [1.82, 2.24) is 20.4 Å². The highest BCUT2D eigenvalue weighted by Gasteiger charge is 2.48. The summed E-state index contributed by atoms with van der Waals surface area (Å²) in [7, 11) is 0. The number of likely N-dealkylation sites (tertiary alicyclic amines) is 2. The molecule has 144 heavy (non-hydrogen) atoms. The smallest absolute Gasteiger partial charge is 0.305 e. The summed E-state index contributed by atoms with van der Waals surface area (Å²) in [6, 6.07) is -2.56. The summed E-state index contributed by atoms with van der Waals surface area (Å²) in [6.07, 6.45) is -0.0981. The molecular formula is C93H176N6O44S. The van der Waals surface area contributed by atoms with E-state index in [9.17, 15) is 33.6 Å². The highest BCUT2D eigenvalue weighted by atomic mass is 32.2. The van der Waals surface area contributed by atoms with E-state index < -0.39 is 64.7 Å². The van der Waals surface area contributed by atoms with Gasteiger partial charge >= 0.3 is 5.97 Å². The molecule has 0 aromatic heterocycles. The number of amides is 6. The minimum atomic E-state index is -1.35. The molecule has 0 spiro atoms. The fraction of sp³-hybridized carbons (Fsp3) is 0.925. The normalized spacial score (nSPS) is 14.9. The largest absolute Gasteiger partial charge is 0.481 e. The summed E-state index contributed by atoms with van der Waals surface area (Å²) in [6.45, 7) is 34.4. The van der Waals surface area contributed by atoms with Crippen LogP contribution in [-0.2, 0) is 204 Å². The quantitative estimate of drug-likeness (QED) is 0.0309. The first-order chi connectivity index (χ1) is 70.9. The number of carboxylic acid groups (broad SMARTS) is 1. The number of rotatable bonds is 121. The summed E-state index contributed by atoms with van der Waals surface area (Å²) in [4.78, 5) is 90.3. The standard InChI is InChI=1S/C93H176N6O44S/c1-82-83(2)92(106)99(91(82)105)85(80-95)90(104)97-84(81-144-86-79-87(100)98(6-4-94)93(86)107)89(103)96-5-8-109-10-12-111-14-16-113-18-20-115-22-24-117-26-28-119-30-32-121-34-36-123-38-40-125-42-44-127-46-48-129-50-52-131-54-56-133-58-60-135-62-64-137-66-68-139-70-72-141-74-76-143-78-77-142-75-73-140-71-69-138-67-65-136-63-61-134-59-57-132-55-53-130-51-49-128-47-45-126-43-41-124-39-37-122-35-33-120-31-29-118-27-25-116-23-21-114-19-17-112-15-13-110-11-9-108-7-3-88(101)102/h82-86H,3-81,94-95H2,1-2H3,(H,96,103)(H,97,104)(H,101,102)/t82?,83?,84-,85-,86?/m0/s1. The molecule has 3 unspecified atom stereocenters. The lowest BCUT2D eigenvalue weighted by molar-refractivity contribution is -0.148. The molecule has 2 rings (SSSR count). The number of aliphatic carboxylic acids is 1. The third-order valence-corrected chi connectivity index (χ3v) is 20.8. The molecule has 2 aliphatic heterocycles. The van der Waals surface area contributed by atoms with E-state index in [0.717, 1.165) is 21.6 Å². The first-order valence-electron chi connectivity index (χ1n) is 50.3. The number of ether oxygens (including phenoxy) is 36. The van der Waals surface area contributed by atoms with Crippen molar-refractivity contribution in [3.8, 4) is 0 Å². The van der Waals surface area contributed by atoms with Gasteiger partial charge in [0.2, 0.25) is 35.4 Å². The molecule has 0 bridgehead atoms. The van der Waals surface area contributed by atoms with Gasteiger partial charge in [-0.3, -0.25) is 43.4 Å². The van der Waals surface area contributed by atoms with Crippen LogP contribution in [0.4, 0.5) is 0 Å². The first-order valence-corrected chi connectivity index (χ1v) is 51.3. The third-order valence-electron chi connectivity index (χ3n) is 19.5. The van der Waals surface area contributed by atoms with Crippen molar-refractivity contribution >= 4 is 53.2 Å². The maximum absolute atomic E-state index is 13.5. The Kier molecular flexibility index (Phi) is 102. The molecule has 7 N–H and O–H groups in total. The molecule has 5 atom stereocenters. The predicted octanol–water partition coefficient (Wildman–Crippen LogP) is -2.55. The number of carbonyl (C=O) groups excluding carboxylic acids is 6. The first kappa shape index (κ1) is 136. The highest BCUT2D eigenvalue weighted by molar-refractivity contribution is 8.00. The Labute approximate surface area is 854 Å². The molecule has 51 heteroatoms. The van der Waals surface area contributed by atoms with Crippen LogP contribution in [0.1, 0.15) is 26.7 Å². The van der Waals surface area contributed by atoms with E-state index >= 15 is 0 Å². The molecule has 6 amide bonds. The van der Waals surface area contributed by atoms with Gasteiger partial charge in [-0.15, -0.1) is 11.8 Å². The van der Waals surface area contributed by atoms with Gasteiger partial charge in [-0.25, -0.2) is 0 Å². The number of carbonyl (C=O) groups is 7. The lowest BCUT2D eigenvalue weighted by Crippen LogP contribution is -2.58. The van der Waals surface area contributed by atoms with Crippen LogP contribution in [-0.4, -0.2) is 581 Å². The summed E-state index contributed by atoms with van der Waals surface area (Å²) in [5.41, 5.74) is 11.4. The van der Waals surface area contributed by atoms with Gasteiger partial charge in [0, 0.05) is 50.2 Å². The molecule has 2 fully saturated rings. The zero-order valence-electron chi connectivity index (χ0n) is 85.7. The van der Waals surface area contributed by atoms with Crippen molar-refractivity contribution in [1.29, 1.82) is 0 Å². The van der Waals surface area contributed by atoms with Crippen LogP contribution in [0.3, 0.4) is 0 Å². The van der Waals surface area contributed by atoms with Gasteiger partial charge in [0.1, 0.15) is 12.1 Å². The average molecular weight is 2110 g/mol.